The van der Waals surface area contributed by atoms with Crippen molar-refractivity contribution >= 4 is 12.2 Å². The maximum absolute atomic E-state index is 12.0. The fraction of sp³-hybridized carbons (Fsp3) is 0.736. The molecule has 12 fully saturated rings. The van der Waals surface area contributed by atoms with Crippen molar-refractivity contribution in [3.8, 4) is 11.5 Å². The van der Waals surface area contributed by atoms with Crippen LogP contribution in [0.4, 0.5) is 9.59 Å². The highest BCUT2D eigenvalue weighted by Crippen LogP contribution is 2.66. The van der Waals surface area contributed by atoms with Crippen molar-refractivity contribution in [2.45, 2.75) is 183 Å². The van der Waals surface area contributed by atoms with E-state index in [2.05, 4.69) is 22.8 Å². The van der Waals surface area contributed by atoms with E-state index in [0.29, 0.717) is 60.1 Å². The lowest BCUT2D eigenvalue weighted by atomic mass is 9.53. The van der Waals surface area contributed by atoms with E-state index in [1.165, 1.54) is 75.3 Å². The standard InChI is InChI=1S/C27H38N2O5.C26H35NO5/c1-25(2,28)16-29-24(30)31-23-7-5-19(6-8-23)20-4-3-9-26(15-20)32-27(34-33-26)21-11-17-10-18(13-21)14-22(27)12-17;1-2-10-27-24(28)29-23-7-5-19(6-8-23)20-4-3-9-25(16-20)30-26(32-31-25)21-12-17-11-18(14-21)15-22(26)13-17/h5-8,17-18,20-22H,3-4,9-16,28H2,1-2H3,(H,29,30);5-8,17-18,20-22H,2-4,9-16H2,1H3,(H,27,28)/t17?,18?,20?,21?,22?,26-,27?;17?,18?,20?,21?,22?,25-,26?/m11/s1. The van der Waals surface area contributed by atoms with E-state index in [9.17, 15) is 9.59 Å². The largest absolute Gasteiger partial charge is 0.412 e. The quantitative estimate of drug-likeness (QED) is 0.217. The highest BCUT2D eigenvalue weighted by atomic mass is 17.3. The van der Waals surface area contributed by atoms with Gasteiger partial charge in [-0.25, -0.2) is 9.59 Å². The van der Waals surface area contributed by atoms with Crippen molar-refractivity contribution in [1.82, 2.24) is 10.6 Å². The van der Waals surface area contributed by atoms with Gasteiger partial charge in [-0.1, -0.05) is 31.2 Å². The number of nitrogens with two attached hydrogens (primary N) is 1. The SMILES string of the molecule is CC(C)(N)CNC(=O)Oc1ccc(C2CCC[C@]3(C2)OOC2(O3)C3CC4CC(C3)CC2C4)cc1.CCCNC(=O)Oc1ccc(C2CCC[C@]3(C2)OOC2(O3)C3CC4CC(C3)CC2C4)cc1. The molecule has 8 bridgehead atoms. The Labute approximate surface area is 390 Å². The molecule has 14 rings (SSSR count). The van der Waals surface area contributed by atoms with Gasteiger partial charge in [0.25, 0.3) is 0 Å². The van der Waals surface area contributed by atoms with Crippen LogP contribution < -0.4 is 25.8 Å². The summed E-state index contributed by atoms with van der Waals surface area (Å²) in [6.07, 6.45) is 20.4. The molecular formula is C53H73N3O10. The van der Waals surface area contributed by atoms with Crippen LogP contribution in [-0.2, 0) is 29.0 Å². The number of nitrogens with one attached hydrogen (secondary N) is 2. The van der Waals surface area contributed by atoms with Gasteiger partial charge in [0.05, 0.1) is 0 Å². The molecule has 4 spiro atoms. The summed E-state index contributed by atoms with van der Waals surface area (Å²) >= 11 is 0. The number of ether oxygens (including phenoxy) is 4. The van der Waals surface area contributed by atoms with Gasteiger partial charge in [0.2, 0.25) is 23.1 Å². The molecule has 2 aliphatic heterocycles. The lowest BCUT2D eigenvalue weighted by Crippen LogP contribution is -2.59. The summed E-state index contributed by atoms with van der Waals surface area (Å²) in [6.45, 7) is 6.69. The molecule has 2 unspecified atom stereocenters. The van der Waals surface area contributed by atoms with Crippen LogP contribution in [0.1, 0.15) is 166 Å². The summed E-state index contributed by atoms with van der Waals surface area (Å²) in [4.78, 5) is 48.5. The van der Waals surface area contributed by atoms with E-state index in [0.717, 1.165) is 81.5 Å². The monoisotopic (exact) mass is 912 g/mol. The van der Waals surface area contributed by atoms with E-state index in [4.69, 9.17) is 44.2 Å². The van der Waals surface area contributed by atoms with Gasteiger partial charge in [-0.15, -0.1) is 0 Å². The normalized spacial score (nSPS) is 41.3. The fourth-order valence-corrected chi connectivity index (χ4v) is 14.9. The number of benzene rings is 2. The predicted octanol–water partition coefficient (Wildman–Crippen LogP) is 10.7. The minimum Gasteiger partial charge on any atom is -0.410 e. The summed E-state index contributed by atoms with van der Waals surface area (Å²) in [5.41, 5.74) is 7.88. The molecule has 4 N–H and O–H groups in total. The first-order chi connectivity index (χ1) is 31.8. The zero-order valence-electron chi connectivity index (χ0n) is 39.4. The molecule has 10 saturated carbocycles. The molecule has 12 aliphatic rings. The third-order valence-corrected chi connectivity index (χ3v) is 17.6. The summed E-state index contributed by atoms with van der Waals surface area (Å²) < 4.78 is 24.6. The number of amides is 2. The van der Waals surface area contributed by atoms with Crippen molar-refractivity contribution in [1.29, 1.82) is 0 Å². The molecule has 2 saturated heterocycles. The number of rotatable bonds is 8. The Morgan fingerprint density at radius 3 is 1.38 bits per heavy atom. The molecule has 2 aromatic carbocycles. The second-order valence-electron chi connectivity index (χ2n) is 23.2. The molecule has 66 heavy (non-hydrogen) atoms. The van der Waals surface area contributed by atoms with Crippen LogP contribution in [0.25, 0.3) is 0 Å². The average Bonchev–Trinajstić information content (AvgIpc) is 3.85. The molecule has 4 atom stereocenters. The Morgan fingerprint density at radius 1 is 0.606 bits per heavy atom. The van der Waals surface area contributed by atoms with Crippen molar-refractivity contribution in [2.24, 2.45) is 53.1 Å². The van der Waals surface area contributed by atoms with Gasteiger partial charge in [-0.3, -0.25) is 0 Å². The maximum atomic E-state index is 12.0. The molecule has 0 radical (unpaired) electrons. The van der Waals surface area contributed by atoms with Crippen LogP contribution in [-0.4, -0.2) is 54.0 Å². The highest BCUT2D eigenvalue weighted by Gasteiger charge is 2.68. The molecular weight excluding hydrogens is 839 g/mol. The Morgan fingerprint density at radius 2 is 1.00 bits per heavy atom. The number of hydrogen-bond donors (Lipinski definition) is 3. The second-order valence-corrected chi connectivity index (χ2v) is 23.2. The third-order valence-electron chi connectivity index (χ3n) is 17.6. The smallest absolute Gasteiger partial charge is 0.410 e. The molecule has 0 aromatic heterocycles. The van der Waals surface area contributed by atoms with E-state index in [-0.39, 0.29) is 0 Å². The minimum atomic E-state index is -0.637. The van der Waals surface area contributed by atoms with Crippen LogP contribution in [0, 0.1) is 47.3 Å². The van der Waals surface area contributed by atoms with Crippen molar-refractivity contribution in [3.05, 3.63) is 59.7 Å². The lowest BCUT2D eigenvalue weighted by molar-refractivity contribution is -0.390. The highest BCUT2D eigenvalue weighted by molar-refractivity contribution is 5.70. The summed E-state index contributed by atoms with van der Waals surface area (Å²) in [5.74, 6) is 4.91. The van der Waals surface area contributed by atoms with E-state index in [1.54, 1.807) is 0 Å². The summed E-state index contributed by atoms with van der Waals surface area (Å²) in [6, 6.07) is 15.7. The van der Waals surface area contributed by atoms with Gasteiger partial charge in [0, 0.05) is 68.0 Å². The predicted molar refractivity (Wildman–Crippen MR) is 243 cm³/mol. The zero-order valence-corrected chi connectivity index (χ0v) is 39.4. The Kier molecular flexibility index (Phi) is 12.0. The van der Waals surface area contributed by atoms with Crippen LogP contribution in [0.3, 0.4) is 0 Å². The second kappa shape index (κ2) is 17.6. The third kappa shape index (κ3) is 8.81. The molecule has 360 valence electrons. The molecule has 13 heteroatoms. The zero-order chi connectivity index (χ0) is 45.3. The first kappa shape index (κ1) is 45.2. The average molecular weight is 912 g/mol. The fourth-order valence-electron chi connectivity index (χ4n) is 14.9. The van der Waals surface area contributed by atoms with Crippen molar-refractivity contribution in [2.75, 3.05) is 13.1 Å². The van der Waals surface area contributed by atoms with Crippen LogP contribution in [0.15, 0.2) is 48.5 Å². The first-order valence-corrected chi connectivity index (χ1v) is 25.8. The van der Waals surface area contributed by atoms with Gasteiger partial charge in [-0.05, 0) is 181 Å². The number of carbonyl (C=O) groups is 2. The van der Waals surface area contributed by atoms with Gasteiger partial charge in [0.1, 0.15) is 11.5 Å². The number of hydrogen-bond acceptors (Lipinski definition) is 11. The molecule has 2 amide bonds. The molecule has 2 heterocycles. The Bertz CT molecular complexity index is 2020. The molecule has 2 aromatic rings. The summed E-state index contributed by atoms with van der Waals surface area (Å²) in [5, 5.41) is 5.43. The molecule has 13 nitrogen and oxygen atoms in total. The van der Waals surface area contributed by atoms with E-state index < -0.39 is 40.9 Å². The van der Waals surface area contributed by atoms with E-state index >= 15 is 0 Å². The first-order valence-electron chi connectivity index (χ1n) is 25.8. The van der Waals surface area contributed by atoms with Crippen molar-refractivity contribution < 1.29 is 48.1 Å². The van der Waals surface area contributed by atoms with Crippen LogP contribution >= 0.6 is 0 Å². The van der Waals surface area contributed by atoms with Gasteiger partial charge in [-0.2, -0.15) is 19.6 Å². The van der Waals surface area contributed by atoms with E-state index in [1.807, 2.05) is 57.2 Å². The molecule has 10 aliphatic carbocycles. The van der Waals surface area contributed by atoms with Gasteiger partial charge in [0.15, 0.2) is 0 Å². The van der Waals surface area contributed by atoms with Gasteiger partial charge < -0.3 is 35.3 Å². The van der Waals surface area contributed by atoms with Gasteiger partial charge >= 0.3 is 12.2 Å². The lowest BCUT2D eigenvalue weighted by Gasteiger charge is -2.57. The summed E-state index contributed by atoms with van der Waals surface area (Å²) in [7, 11) is 0. The minimum absolute atomic E-state index is 0.324. The Balaban J connectivity index is 0.000000146. The maximum Gasteiger partial charge on any atom is 0.412 e. The van der Waals surface area contributed by atoms with Crippen LogP contribution in [0.5, 0.6) is 11.5 Å². The topological polar surface area (TPSA) is 158 Å². The van der Waals surface area contributed by atoms with Crippen LogP contribution in [0.2, 0.25) is 0 Å². The van der Waals surface area contributed by atoms with Crippen molar-refractivity contribution in [3.63, 3.8) is 0 Å². The Hall–Kier alpha value is -3.30. The number of carbonyl (C=O) groups excluding carboxylic acids is 2.